The molecule has 0 amide bonds. The van der Waals surface area contributed by atoms with E-state index in [2.05, 4.69) is 34.6 Å². The van der Waals surface area contributed by atoms with Crippen molar-refractivity contribution in [2.45, 2.75) is 79.2 Å². The molecule has 0 spiro atoms. The molecule has 0 aromatic carbocycles. The molecule has 0 unspecified atom stereocenters. The smallest absolute Gasteiger partial charge is 0.309 e. The lowest BCUT2D eigenvalue weighted by atomic mass is 9.96. The summed E-state index contributed by atoms with van der Waals surface area (Å²) in [6, 6.07) is 0. The van der Waals surface area contributed by atoms with Crippen LogP contribution in [0.4, 0.5) is 0 Å². The van der Waals surface area contributed by atoms with E-state index in [-0.39, 0.29) is 18.0 Å². The van der Waals surface area contributed by atoms with Gasteiger partial charge in [-0.25, -0.2) is 0 Å². The van der Waals surface area contributed by atoms with Gasteiger partial charge in [0.25, 0.3) is 0 Å². The summed E-state index contributed by atoms with van der Waals surface area (Å²) < 4.78 is 5.72. The molecule has 1 saturated carbocycles. The number of carbonyl (C=O) groups is 1. The second-order valence-corrected chi connectivity index (χ2v) is 6.84. The highest BCUT2D eigenvalue weighted by Crippen LogP contribution is 2.43. The molecule has 2 atom stereocenters. The van der Waals surface area contributed by atoms with Crippen molar-refractivity contribution in [1.29, 1.82) is 0 Å². The van der Waals surface area contributed by atoms with E-state index in [9.17, 15) is 4.79 Å². The standard InChI is InChI=1S/C17H32O2/c1-6-7-8-9-10-14-11-15(14)17(18)19-16(12(2)3)13(4)5/h12-16H,6-11H2,1-5H3/t14-,15-/m0/s1. The van der Waals surface area contributed by atoms with Gasteiger partial charge >= 0.3 is 5.97 Å². The van der Waals surface area contributed by atoms with Crippen molar-refractivity contribution < 1.29 is 9.53 Å². The molecule has 0 bridgehead atoms. The lowest BCUT2D eigenvalue weighted by Crippen LogP contribution is -2.29. The quantitative estimate of drug-likeness (QED) is 0.443. The maximum Gasteiger partial charge on any atom is 0.309 e. The van der Waals surface area contributed by atoms with Crippen LogP contribution in [0.15, 0.2) is 0 Å². The fourth-order valence-corrected chi connectivity index (χ4v) is 2.95. The molecule has 0 saturated heterocycles. The fraction of sp³-hybridized carbons (Fsp3) is 0.941. The summed E-state index contributed by atoms with van der Waals surface area (Å²) in [6.45, 7) is 10.8. The zero-order chi connectivity index (χ0) is 14.4. The number of unbranched alkanes of at least 4 members (excludes halogenated alkanes) is 3. The molecule has 2 nitrogen and oxygen atoms in total. The van der Waals surface area contributed by atoms with Gasteiger partial charge in [0.15, 0.2) is 0 Å². The van der Waals surface area contributed by atoms with Crippen LogP contribution in [0, 0.1) is 23.7 Å². The van der Waals surface area contributed by atoms with Crippen molar-refractivity contribution in [2.75, 3.05) is 0 Å². The Morgan fingerprint density at radius 2 is 1.74 bits per heavy atom. The van der Waals surface area contributed by atoms with Crippen molar-refractivity contribution in [1.82, 2.24) is 0 Å². The van der Waals surface area contributed by atoms with Gasteiger partial charge in [-0.3, -0.25) is 4.79 Å². The molecule has 1 fully saturated rings. The molecular formula is C17H32O2. The minimum absolute atomic E-state index is 0.0629. The van der Waals surface area contributed by atoms with Crippen LogP contribution in [0.2, 0.25) is 0 Å². The van der Waals surface area contributed by atoms with Gasteiger partial charge in [-0.2, -0.15) is 0 Å². The van der Waals surface area contributed by atoms with E-state index >= 15 is 0 Å². The molecule has 1 aliphatic carbocycles. The topological polar surface area (TPSA) is 26.3 Å². The molecule has 0 radical (unpaired) electrons. The molecule has 112 valence electrons. The minimum atomic E-state index is 0.0629. The molecule has 0 aliphatic heterocycles. The summed E-state index contributed by atoms with van der Waals surface area (Å²) in [7, 11) is 0. The molecule has 19 heavy (non-hydrogen) atoms. The highest BCUT2D eigenvalue weighted by atomic mass is 16.5. The summed E-state index contributed by atoms with van der Waals surface area (Å²) in [6.07, 6.45) is 7.55. The average Bonchev–Trinajstić information content (AvgIpc) is 3.10. The second kappa shape index (κ2) is 7.91. The predicted molar refractivity (Wildman–Crippen MR) is 79.9 cm³/mol. The van der Waals surface area contributed by atoms with E-state index < -0.39 is 0 Å². The van der Waals surface area contributed by atoms with Crippen LogP contribution in [0.25, 0.3) is 0 Å². The molecule has 1 rings (SSSR count). The van der Waals surface area contributed by atoms with Gasteiger partial charge in [0.05, 0.1) is 5.92 Å². The maximum absolute atomic E-state index is 12.1. The molecule has 2 heteroatoms. The van der Waals surface area contributed by atoms with Gasteiger partial charge in [0.1, 0.15) is 6.10 Å². The number of rotatable bonds is 9. The number of hydrogen-bond acceptors (Lipinski definition) is 2. The largest absolute Gasteiger partial charge is 0.462 e. The van der Waals surface area contributed by atoms with Crippen LogP contribution < -0.4 is 0 Å². The Bertz CT molecular complexity index is 262. The van der Waals surface area contributed by atoms with Crippen LogP contribution in [-0.2, 0) is 9.53 Å². The summed E-state index contributed by atoms with van der Waals surface area (Å²) >= 11 is 0. The van der Waals surface area contributed by atoms with E-state index in [1.165, 1.54) is 32.1 Å². The van der Waals surface area contributed by atoms with Gasteiger partial charge < -0.3 is 4.74 Å². The Morgan fingerprint density at radius 3 is 2.26 bits per heavy atom. The summed E-state index contributed by atoms with van der Waals surface area (Å²) in [5, 5.41) is 0. The second-order valence-electron chi connectivity index (χ2n) is 6.84. The van der Waals surface area contributed by atoms with Crippen LogP contribution in [-0.4, -0.2) is 12.1 Å². The summed E-state index contributed by atoms with van der Waals surface area (Å²) in [5.41, 5.74) is 0. The first-order chi connectivity index (χ1) is 8.97. The van der Waals surface area contributed by atoms with Gasteiger partial charge in [-0.05, 0) is 30.6 Å². The Balaban J connectivity index is 2.24. The lowest BCUT2D eigenvalue weighted by molar-refractivity contribution is -0.156. The first kappa shape index (κ1) is 16.5. The predicted octanol–water partition coefficient (Wildman–Crippen LogP) is 4.82. The van der Waals surface area contributed by atoms with E-state index in [4.69, 9.17) is 4.74 Å². The van der Waals surface area contributed by atoms with Gasteiger partial charge in [0.2, 0.25) is 0 Å². The molecule has 0 heterocycles. The zero-order valence-electron chi connectivity index (χ0n) is 13.4. The van der Waals surface area contributed by atoms with Gasteiger partial charge in [0, 0.05) is 0 Å². The van der Waals surface area contributed by atoms with E-state index in [1.54, 1.807) is 0 Å². The highest BCUT2D eigenvalue weighted by molar-refractivity contribution is 5.75. The summed E-state index contributed by atoms with van der Waals surface area (Å²) in [4.78, 5) is 12.1. The monoisotopic (exact) mass is 268 g/mol. The Hall–Kier alpha value is -0.530. The Morgan fingerprint density at radius 1 is 1.11 bits per heavy atom. The molecule has 0 N–H and O–H groups in total. The van der Waals surface area contributed by atoms with Crippen molar-refractivity contribution in [3.05, 3.63) is 0 Å². The molecule has 0 aromatic heterocycles. The van der Waals surface area contributed by atoms with Crippen molar-refractivity contribution in [3.8, 4) is 0 Å². The fourth-order valence-electron chi connectivity index (χ4n) is 2.95. The zero-order valence-corrected chi connectivity index (χ0v) is 13.4. The number of esters is 1. The number of hydrogen-bond donors (Lipinski definition) is 0. The van der Waals surface area contributed by atoms with Crippen molar-refractivity contribution >= 4 is 5.97 Å². The van der Waals surface area contributed by atoms with Crippen LogP contribution in [0.3, 0.4) is 0 Å². The normalized spacial score (nSPS) is 22.3. The third-order valence-corrected chi connectivity index (χ3v) is 4.22. The molecular weight excluding hydrogens is 236 g/mol. The van der Waals surface area contributed by atoms with Crippen molar-refractivity contribution in [2.24, 2.45) is 23.7 Å². The molecule has 0 aromatic rings. The van der Waals surface area contributed by atoms with E-state index in [0.29, 0.717) is 17.8 Å². The maximum atomic E-state index is 12.1. The van der Waals surface area contributed by atoms with Crippen LogP contribution in [0.1, 0.15) is 73.1 Å². The SMILES string of the molecule is CCCCCC[C@H]1C[C@@H]1C(=O)OC(C(C)C)C(C)C. The Kier molecular flexibility index (Phi) is 6.88. The molecule has 1 aliphatic rings. The highest BCUT2D eigenvalue weighted by Gasteiger charge is 2.44. The average molecular weight is 268 g/mol. The van der Waals surface area contributed by atoms with E-state index in [1.807, 2.05) is 0 Å². The van der Waals surface area contributed by atoms with E-state index in [0.717, 1.165) is 6.42 Å². The first-order valence-electron chi connectivity index (χ1n) is 8.17. The third kappa shape index (κ3) is 5.54. The minimum Gasteiger partial charge on any atom is -0.462 e. The van der Waals surface area contributed by atoms with Gasteiger partial charge in [-0.1, -0.05) is 60.3 Å². The number of ether oxygens (including phenoxy) is 1. The summed E-state index contributed by atoms with van der Waals surface area (Å²) in [5.74, 6) is 1.70. The first-order valence-corrected chi connectivity index (χ1v) is 8.17. The van der Waals surface area contributed by atoms with Crippen molar-refractivity contribution in [3.63, 3.8) is 0 Å². The number of carbonyl (C=O) groups excluding carboxylic acids is 1. The Labute approximate surface area is 119 Å². The lowest BCUT2D eigenvalue weighted by Gasteiger charge is -2.25. The van der Waals surface area contributed by atoms with Gasteiger partial charge in [-0.15, -0.1) is 0 Å². The van der Waals surface area contributed by atoms with Crippen LogP contribution >= 0.6 is 0 Å². The van der Waals surface area contributed by atoms with Crippen LogP contribution in [0.5, 0.6) is 0 Å². The third-order valence-electron chi connectivity index (χ3n) is 4.22.